The Balaban J connectivity index is 2.75. The maximum Gasteiger partial charge on any atom is 0.216 e. The molecule has 0 aliphatic heterocycles. The second kappa shape index (κ2) is 4.50. The lowest BCUT2D eigenvalue weighted by Crippen LogP contribution is -2.06. The van der Waals surface area contributed by atoms with E-state index in [9.17, 15) is 10.4 Å². The molecule has 0 saturated carbocycles. The maximum atomic E-state index is 11.5. The van der Waals surface area contributed by atoms with Crippen molar-refractivity contribution in [1.29, 1.82) is 0 Å². The summed E-state index contributed by atoms with van der Waals surface area (Å²) >= 11 is 2.14. The number of rotatable bonds is 2. The van der Waals surface area contributed by atoms with E-state index in [0.717, 1.165) is 19.4 Å². The Morgan fingerprint density at radius 2 is 2.00 bits per heavy atom. The number of hydrogen-bond acceptors (Lipinski definition) is 3. The third-order valence-corrected chi connectivity index (χ3v) is 3.13. The molecule has 2 aromatic carbocycles. The van der Waals surface area contributed by atoms with Crippen molar-refractivity contribution >= 4 is 51.5 Å². The summed E-state index contributed by atoms with van der Waals surface area (Å²) in [5.74, 6) is 0. The number of fused-ring (bicyclic) bond motifs is 1. The molecule has 0 saturated heterocycles. The van der Waals surface area contributed by atoms with E-state index >= 15 is 0 Å². The van der Waals surface area contributed by atoms with Crippen LogP contribution in [0.5, 0.6) is 0 Å². The molecule has 0 spiro atoms. The van der Waals surface area contributed by atoms with Crippen LogP contribution in [-0.2, 0) is 0 Å². The van der Waals surface area contributed by atoms with Gasteiger partial charge in [0.2, 0.25) is 5.69 Å². The standard InChI is InChI=1S/C12H10IN2O2/c1-14(16)10-3-4-11-8(6-10)5-9(13)7-12(11)15(2)17/h3-7H,1H2,2H3/q-1. The predicted octanol–water partition coefficient (Wildman–Crippen LogP) is 3.22. The number of halogens is 1. The maximum absolute atomic E-state index is 11.5. The Hall–Kier alpha value is -1.34. The Labute approximate surface area is 112 Å². The van der Waals surface area contributed by atoms with Crippen molar-refractivity contribution < 1.29 is 4.74 Å². The Morgan fingerprint density at radius 1 is 1.29 bits per heavy atom. The van der Waals surface area contributed by atoms with Gasteiger partial charge in [-0.1, -0.05) is 0 Å². The summed E-state index contributed by atoms with van der Waals surface area (Å²) in [5, 5.41) is 25.1. The summed E-state index contributed by atoms with van der Waals surface area (Å²) < 4.78 is 1.51. The van der Waals surface area contributed by atoms with E-state index in [0.29, 0.717) is 16.1 Å². The third-order valence-electron chi connectivity index (χ3n) is 2.51. The van der Waals surface area contributed by atoms with Crippen LogP contribution in [0.3, 0.4) is 0 Å². The minimum Gasteiger partial charge on any atom is -0.758 e. The first-order chi connectivity index (χ1) is 7.99. The van der Waals surface area contributed by atoms with Gasteiger partial charge in [0, 0.05) is 26.8 Å². The average Bonchev–Trinajstić information content (AvgIpc) is 2.26. The molecule has 0 fully saturated rings. The van der Waals surface area contributed by atoms with Crippen LogP contribution in [0.25, 0.3) is 10.8 Å². The van der Waals surface area contributed by atoms with Crippen LogP contribution in [0.2, 0.25) is 0 Å². The summed E-state index contributed by atoms with van der Waals surface area (Å²) in [4.78, 5) is 0. The molecule has 4 nitrogen and oxygen atoms in total. The van der Waals surface area contributed by atoms with E-state index in [1.165, 1.54) is 7.05 Å². The summed E-state index contributed by atoms with van der Waals surface area (Å²) in [5.41, 5.74) is 1.07. The van der Waals surface area contributed by atoms with E-state index in [-0.39, 0.29) is 0 Å². The molecule has 0 aliphatic carbocycles. The van der Waals surface area contributed by atoms with Gasteiger partial charge in [-0.15, -0.1) is 0 Å². The molecule has 0 atom stereocenters. The quantitative estimate of drug-likeness (QED) is 0.277. The van der Waals surface area contributed by atoms with E-state index < -0.39 is 0 Å². The average molecular weight is 341 g/mol. The topological polar surface area (TPSA) is 52.4 Å². The molecule has 0 amide bonds. The molecule has 2 aromatic rings. The molecule has 88 valence electrons. The monoisotopic (exact) mass is 341 g/mol. The lowest BCUT2D eigenvalue weighted by atomic mass is 10.1. The molecule has 2 rings (SSSR count). The molecule has 0 unspecified atom stereocenters. The molecular weight excluding hydrogens is 331 g/mol. The molecule has 0 N–H and O–H groups in total. The zero-order chi connectivity index (χ0) is 12.6. The SMILES string of the molecule is C=[N+]([O-])c1ccc2c(N(C)[O-])cc(I)cc2c1. The van der Waals surface area contributed by atoms with Gasteiger partial charge in [0.25, 0.3) is 0 Å². The normalized spacial score (nSPS) is 10.5. The number of anilines is 1. The number of hydroxylamine groups is 1. The first-order valence-electron chi connectivity index (χ1n) is 4.91. The van der Waals surface area contributed by atoms with E-state index in [2.05, 4.69) is 29.3 Å². The fraction of sp³-hybridized carbons (Fsp3) is 0.0833. The smallest absolute Gasteiger partial charge is 0.216 e. The van der Waals surface area contributed by atoms with E-state index in [1.54, 1.807) is 18.2 Å². The fourth-order valence-electron chi connectivity index (χ4n) is 1.72. The number of nitrogens with zero attached hydrogens (tertiary/aromatic N) is 2. The van der Waals surface area contributed by atoms with Gasteiger partial charge < -0.3 is 15.5 Å². The Morgan fingerprint density at radius 3 is 2.59 bits per heavy atom. The minimum absolute atomic E-state index is 0.471. The van der Waals surface area contributed by atoms with Crippen LogP contribution in [0, 0.1) is 14.0 Å². The van der Waals surface area contributed by atoms with E-state index in [1.807, 2.05) is 12.1 Å². The van der Waals surface area contributed by atoms with Crippen molar-refractivity contribution in [3.8, 4) is 0 Å². The van der Waals surface area contributed by atoms with Crippen LogP contribution in [0.4, 0.5) is 11.4 Å². The van der Waals surface area contributed by atoms with Crippen LogP contribution >= 0.6 is 22.6 Å². The predicted molar refractivity (Wildman–Crippen MR) is 78.8 cm³/mol. The lowest BCUT2D eigenvalue weighted by molar-refractivity contribution is -0.349. The third kappa shape index (κ3) is 2.34. The van der Waals surface area contributed by atoms with Gasteiger partial charge in [-0.05, 0) is 53.2 Å². The van der Waals surface area contributed by atoms with Gasteiger partial charge in [-0.25, -0.2) is 0 Å². The summed E-state index contributed by atoms with van der Waals surface area (Å²) in [7, 11) is 1.46. The zero-order valence-electron chi connectivity index (χ0n) is 9.18. The number of benzene rings is 2. The molecule has 0 radical (unpaired) electrons. The van der Waals surface area contributed by atoms with Crippen molar-refractivity contribution in [3.05, 3.63) is 44.3 Å². The van der Waals surface area contributed by atoms with Gasteiger partial charge in [-0.2, -0.15) is 4.74 Å². The van der Waals surface area contributed by atoms with Crippen LogP contribution < -0.4 is 5.06 Å². The van der Waals surface area contributed by atoms with Crippen molar-refractivity contribution in [3.63, 3.8) is 0 Å². The molecule has 0 aromatic heterocycles. The van der Waals surface area contributed by atoms with Gasteiger partial charge >= 0.3 is 0 Å². The van der Waals surface area contributed by atoms with Crippen molar-refractivity contribution in [1.82, 2.24) is 0 Å². The highest BCUT2D eigenvalue weighted by Crippen LogP contribution is 2.30. The lowest BCUT2D eigenvalue weighted by Gasteiger charge is -2.26. The molecular formula is C12H10IN2O2-. The van der Waals surface area contributed by atoms with Gasteiger partial charge in [-0.3, -0.25) is 0 Å². The van der Waals surface area contributed by atoms with Gasteiger partial charge in [0.15, 0.2) is 0 Å². The molecule has 0 heterocycles. The molecule has 0 aliphatic rings. The van der Waals surface area contributed by atoms with Crippen LogP contribution in [0.1, 0.15) is 0 Å². The Bertz CT molecular complexity index is 596. The first-order valence-corrected chi connectivity index (χ1v) is 5.99. The molecule has 0 bridgehead atoms. The van der Waals surface area contributed by atoms with Crippen LogP contribution in [-0.4, -0.2) is 18.5 Å². The van der Waals surface area contributed by atoms with Gasteiger partial charge in [0.1, 0.15) is 6.72 Å². The van der Waals surface area contributed by atoms with Gasteiger partial charge in [0.05, 0.1) is 0 Å². The van der Waals surface area contributed by atoms with Crippen molar-refractivity contribution in [2.75, 3.05) is 12.1 Å². The highest BCUT2D eigenvalue weighted by Gasteiger charge is 2.06. The first kappa shape index (κ1) is 12.1. The molecule has 5 heteroatoms. The highest BCUT2D eigenvalue weighted by atomic mass is 127. The Kier molecular flexibility index (Phi) is 3.21. The van der Waals surface area contributed by atoms with Crippen molar-refractivity contribution in [2.24, 2.45) is 0 Å². The zero-order valence-corrected chi connectivity index (χ0v) is 11.3. The van der Waals surface area contributed by atoms with Crippen LogP contribution in [0.15, 0.2) is 30.3 Å². The largest absolute Gasteiger partial charge is 0.758 e. The molecule has 17 heavy (non-hydrogen) atoms. The second-order valence-electron chi connectivity index (χ2n) is 3.71. The second-order valence-corrected chi connectivity index (χ2v) is 4.95. The summed E-state index contributed by atoms with van der Waals surface area (Å²) in [6.45, 7) is 3.30. The number of hydrogen-bond donors (Lipinski definition) is 0. The summed E-state index contributed by atoms with van der Waals surface area (Å²) in [6, 6.07) is 8.89. The van der Waals surface area contributed by atoms with E-state index in [4.69, 9.17) is 0 Å². The minimum atomic E-state index is 0.471. The van der Waals surface area contributed by atoms with Crippen molar-refractivity contribution in [2.45, 2.75) is 0 Å². The highest BCUT2D eigenvalue weighted by molar-refractivity contribution is 14.1. The summed E-state index contributed by atoms with van der Waals surface area (Å²) in [6.07, 6.45) is 0. The fourth-order valence-corrected chi connectivity index (χ4v) is 2.35.